The van der Waals surface area contributed by atoms with Crippen LogP contribution in [0.3, 0.4) is 0 Å². The van der Waals surface area contributed by atoms with E-state index in [9.17, 15) is 26.7 Å². The van der Waals surface area contributed by atoms with E-state index in [-0.39, 0.29) is 32.7 Å². The van der Waals surface area contributed by atoms with Gasteiger partial charge in [-0.15, -0.1) is 0 Å². The van der Waals surface area contributed by atoms with Crippen molar-refractivity contribution < 1.29 is 26.7 Å². The number of benzene rings is 4. The third-order valence-electron chi connectivity index (χ3n) is 5.64. The molecule has 11 nitrogen and oxygen atoms in total. The molecule has 0 saturated carbocycles. The first kappa shape index (κ1) is 27.6. The van der Waals surface area contributed by atoms with Crippen LogP contribution in [0.5, 0.6) is 0 Å². The van der Waals surface area contributed by atoms with Crippen LogP contribution in [0.15, 0.2) is 106 Å². The number of sulfonamides is 2. The van der Waals surface area contributed by atoms with Gasteiger partial charge >= 0.3 is 5.97 Å². The van der Waals surface area contributed by atoms with Gasteiger partial charge in [-0.1, -0.05) is 54.6 Å². The van der Waals surface area contributed by atoms with Crippen molar-refractivity contribution in [3.8, 4) is 0 Å². The quantitative estimate of drug-likeness (QED) is 0.142. The summed E-state index contributed by atoms with van der Waals surface area (Å²) in [4.78, 5) is 15.4. The predicted molar refractivity (Wildman–Crippen MR) is 148 cm³/mol. The molecule has 0 aliphatic carbocycles. The lowest BCUT2D eigenvalue weighted by atomic mass is 10.0. The fraction of sp³-hybridized carbons (Fsp3) is 0.0769. The second-order valence-corrected chi connectivity index (χ2v) is 11.9. The van der Waals surface area contributed by atoms with Crippen molar-refractivity contribution in [3.63, 3.8) is 0 Å². The molecule has 1 atom stereocenters. The fourth-order valence-corrected chi connectivity index (χ4v) is 6.53. The van der Waals surface area contributed by atoms with Gasteiger partial charge in [0.2, 0.25) is 10.0 Å². The number of carbonyl (C=O) groups is 1. The smallest absolute Gasteiger partial charge is 0.305 e. The highest BCUT2D eigenvalue weighted by Crippen LogP contribution is 2.28. The van der Waals surface area contributed by atoms with Crippen LogP contribution in [0.4, 0.5) is 11.4 Å². The molecule has 0 saturated heterocycles. The normalized spacial score (nSPS) is 12.5. The highest BCUT2D eigenvalue weighted by Gasteiger charge is 2.26. The second kappa shape index (κ2) is 11.1. The van der Waals surface area contributed by atoms with E-state index < -0.39 is 38.5 Å². The maximum atomic E-state index is 13.4. The first-order chi connectivity index (χ1) is 18.4. The highest BCUT2D eigenvalue weighted by molar-refractivity contribution is 7.92. The zero-order chi connectivity index (χ0) is 28.2. The molecule has 0 bridgehead atoms. The summed E-state index contributed by atoms with van der Waals surface area (Å²) >= 11 is 0. The Bertz CT molecular complexity index is 1780. The molecule has 0 aliphatic heterocycles. The minimum absolute atomic E-state index is 0.00602. The van der Waals surface area contributed by atoms with Crippen LogP contribution in [-0.2, 0) is 24.8 Å². The average molecular weight is 568 g/mol. The SMILES string of the molecule is NC(N)=Nc1cccc(S(=O)(=O)Nc2cccc(C(CC(=O)O)NS(=O)(=O)c3cccc4ccccc34)c2)c1. The van der Waals surface area contributed by atoms with E-state index in [1.165, 1.54) is 54.6 Å². The molecule has 0 spiro atoms. The Kier molecular flexibility index (Phi) is 7.85. The van der Waals surface area contributed by atoms with E-state index >= 15 is 0 Å². The molecule has 0 fully saturated rings. The van der Waals surface area contributed by atoms with Crippen LogP contribution >= 0.6 is 0 Å². The number of nitrogens with zero attached hydrogens (tertiary/aromatic N) is 1. The number of anilines is 1. The number of aliphatic carboxylic acids is 1. The van der Waals surface area contributed by atoms with Gasteiger partial charge in [-0.25, -0.2) is 26.6 Å². The molecule has 0 aliphatic rings. The Hall–Kier alpha value is -4.46. The Morgan fingerprint density at radius 2 is 1.54 bits per heavy atom. The van der Waals surface area contributed by atoms with Gasteiger partial charge in [-0.05, 0) is 47.3 Å². The molecule has 4 rings (SSSR count). The van der Waals surface area contributed by atoms with Crippen LogP contribution in [0.2, 0.25) is 0 Å². The summed E-state index contributed by atoms with van der Waals surface area (Å²) < 4.78 is 57.7. The van der Waals surface area contributed by atoms with Gasteiger partial charge in [0.05, 0.1) is 27.9 Å². The lowest BCUT2D eigenvalue weighted by Crippen LogP contribution is -2.30. The maximum Gasteiger partial charge on any atom is 0.305 e. The Morgan fingerprint density at radius 1 is 0.846 bits per heavy atom. The van der Waals surface area contributed by atoms with Crippen molar-refractivity contribution in [2.75, 3.05) is 4.72 Å². The standard InChI is InChI=1S/C26H25N5O6S2/c27-26(28)29-19-9-5-11-21(15-19)38(34,35)30-20-10-3-8-18(14-20)23(16-25(32)33)31-39(36,37)24-13-4-7-17-6-1-2-12-22(17)24/h1-15,23,30-31H,16H2,(H,32,33)(H4,27,28,29). The minimum atomic E-state index is -4.17. The number of aliphatic imine (C=N–C) groups is 1. The van der Waals surface area contributed by atoms with Crippen LogP contribution in [0, 0.1) is 0 Å². The number of guanidine groups is 1. The summed E-state index contributed by atoms with van der Waals surface area (Å²) in [6, 6.07) is 22.0. The topological polar surface area (TPSA) is 194 Å². The van der Waals surface area contributed by atoms with Crippen LogP contribution < -0.4 is 20.9 Å². The molecule has 0 heterocycles. The average Bonchev–Trinajstić information content (AvgIpc) is 2.87. The number of fused-ring (bicyclic) bond motifs is 1. The first-order valence-corrected chi connectivity index (χ1v) is 14.5. The molecule has 0 amide bonds. The van der Waals surface area contributed by atoms with Crippen LogP contribution in [0.25, 0.3) is 10.8 Å². The monoisotopic (exact) mass is 567 g/mol. The number of hydrogen-bond donors (Lipinski definition) is 5. The first-order valence-electron chi connectivity index (χ1n) is 11.5. The zero-order valence-electron chi connectivity index (χ0n) is 20.4. The van der Waals surface area contributed by atoms with Crippen LogP contribution in [-0.4, -0.2) is 33.9 Å². The molecule has 0 radical (unpaired) electrons. The Labute approximate surface area is 225 Å². The molecule has 0 aromatic heterocycles. The van der Waals surface area contributed by atoms with Crippen molar-refractivity contribution in [2.45, 2.75) is 22.3 Å². The fourth-order valence-electron chi connectivity index (χ4n) is 3.99. The summed E-state index contributed by atoms with van der Waals surface area (Å²) in [5.41, 5.74) is 11.3. The maximum absolute atomic E-state index is 13.4. The zero-order valence-corrected chi connectivity index (χ0v) is 22.0. The van der Waals surface area contributed by atoms with Gasteiger partial charge in [0.25, 0.3) is 10.0 Å². The van der Waals surface area contributed by atoms with Crippen molar-refractivity contribution in [2.24, 2.45) is 16.5 Å². The van der Waals surface area contributed by atoms with Gasteiger partial charge in [-0.2, -0.15) is 0 Å². The van der Waals surface area contributed by atoms with Crippen molar-refractivity contribution >= 4 is 54.1 Å². The molecular formula is C26H25N5O6S2. The molecule has 39 heavy (non-hydrogen) atoms. The number of carboxylic acids is 1. The minimum Gasteiger partial charge on any atom is -0.481 e. The number of hydrogen-bond acceptors (Lipinski definition) is 6. The van der Waals surface area contributed by atoms with E-state index in [0.29, 0.717) is 10.8 Å². The van der Waals surface area contributed by atoms with E-state index in [1.54, 1.807) is 36.4 Å². The number of nitrogens with two attached hydrogens (primary N) is 2. The van der Waals surface area contributed by atoms with Gasteiger partial charge in [0.15, 0.2) is 5.96 Å². The van der Waals surface area contributed by atoms with E-state index in [2.05, 4.69) is 14.4 Å². The summed E-state index contributed by atoms with van der Waals surface area (Å²) in [7, 11) is -8.27. The molecular weight excluding hydrogens is 542 g/mol. The Morgan fingerprint density at radius 3 is 2.28 bits per heavy atom. The van der Waals surface area contributed by atoms with Crippen molar-refractivity contribution in [1.82, 2.24) is 4.72 Å². The van der Waals surface area contributed by atoms with Gasteiger partial charge in [0, 0.05) is 11.1 Å². The third-order valence-corrected chi connectivity index (χ3v) is 8.55. The lowest BCUT2D eigenvalue weighted by Gasteiger charge is -2.19. The number of nitrogens with one attached hydrogen (secondary N) is 2. The van der Waals surface area contributed by atoms with E-state index in [4.69, 9.17) is 11.5 Å². The molecule has 4 aromatic carbocycles. The largest absolute Gasteiger partial charge is 0.481 e. The predicted octanol–water partition coefficient (Wildman–Crippen LogP) is 3.04. The Balaban J connectivity index is 1.65. The summed E-state index contributed by atoms with van der Waals surface area (Å²) in [5, 5.41) is 10.7. The lowest BCUT2D eigenvalue weighted by molar-refractivity contribution is -0.137. The van der Waals surface area contributed by atoms with Gasteiger partial charge in [0.1, 0.15) is 0 Å². The van der Waals surface area contributed by atoms with E-state index in [0.717, 1.165) is 0 Å². The third kappa shape index (κ3) is 6.71. The summed E-state index contributed by atoms with van der Waals surface area (Å²) in [5.74, 6) is -1.48. The molecule has 7 N–H and O–H groups in total. The molecule has 13 heteroatoms. The van der Waals surface area contributed by atoms with Crippen molar-refractivity contribution in [3.05, 3.63) is 96.6 Å². The van der Waals surface area contributed by atoms with E-state index in [1.807, 2.05) is 0 Å². The van der Waals surface area contributed by atoms with Gasteiger partial charge in [-0.3, -0.25) is 9.52 Å². The van der Waals surface area contributed by atoms with Crippen LogP contribution in [0.1, 0.15) is 18.0 Å². The number of carboxylic acid groups (broad SMARTS) is 1. The summed E-state index contributed by atoms with van der Waals surface area (Å²) in [6.07, 6.45) is -0.583. The van der Waals surface area contributed by atoms with Crippen molar-refractivity contribution in [1.29, 1.82) is 0 Å². The van der Waals surface area contributed by atoms with Gasteiger partial charge < -0.3 is 16.6 Å². The highest BCUT2D eigenvalue weighted by atomic mass is 32.2. The molecule has 1 unspecified atom stereocenters. The summed E-state index contributed by atoms with van der Waals surface area (Å²) in [6.45, 7) is 0. The second-order valence-electron chi connectivity index (χ2n) is 8.51. The molecule has 4 aromatic rings. The number of rotatable bonds is 10. The molecule has 202 valence electrons.